The van der Waals surface area contributed by atoms with E-state index >= 15 is 0 Å². The third kappa shape index (κ3) is 6.13. The molecule has 0 spiro atoms. The Morgan fingerprint density at radius 2 is 1.81 bits per heavy atom. The van der Waals surface area contributed by atoms with Gasteiger partial charge in [-0.1, -0.05) is 35.5 Å². The lowest BCUT2D eigenvalue weighted by atomic mass is 9.82. The van der Waals surface area contributed by atoms with Crippen molar-refractivity contribution < 1.29 is 14.1 Å². The number of nitrogens with zero attached hydrogens (tertiary/aromatic N) is 1. The van der Waals surface area contributed by atoms with Crippen LogP contribution in [-0.4, -0.2) is 34.5 Å². The van der Waals surface area contributed by atoms with E-state index in [1.807, 2.05) is 6.07 Å². The molecule has 7 heteroatoms. The first kappa shape index (κ1) is 19.5. The lowest BCUT2D eigenvalue weighted by Crippen LogP contribution is -2.38. The van der Waals surface area contributed by atoms with E-state index in [1.165, 1.54) is 17.3 Å². The van der Waals surface area contributed by atoms with Crippen LogP contribution in [-0.2, 0) is 9.59 Å². The molecule has 0 saturated heterocycles. The molecule has 6 nitrogen and oxygen atoms in total. The molecule has 3 rings (SSSR count). The van der Waals surface area contributed by atoms with E-state index in [1.54, 1.807) is 13.0 Å². The lowest BCUT2D eigenvalue weighted by molar-refractivity contribution is -0.119. The van der Waals surface area contributed by atoms with Crippen LogP contribution in [0.5, 0.6) is 0 Å². The highest BCUT2D eigenvalue weighted by molar-refractivity contribution is 8.00. The summed E-state index contributed by atoms with van der Waals surface area (Å²) in [6.07, 6.45) is 4.20. The van der Waals surface area contributed by atoms with Crippen LogP contribution in [0.1, 0.15) is 42.9 Å². The van der Waals surface area contributed by atoms with Gasteiger partial charge in [0.15, 0.2) is 5.82 Å². The standard InChI is InChI=1S/C20H25N3O3S/c1-14-11-18(23-26-14)22-20(25)13-27-12-19(24)21-17-9-7-16(8-10-17)15-5-3-2-4-6-15/h2-6,11,16-17H,7-10,12-13H2,1H3,(H,21,24)(H,22,23,25). The van der Waals surface area contributed by atoms with E-state index in [9.17, 15) is 9.59 Å². The molecule has 0 radical (unpaired) electrons. The summed E-state index contributed by atoms with van der Waals surface area (Å²) >= 11 is 1.30. The Morgan fingerprint density at radius 1 is 1.11 bits per heavy atom. The summed E-state index contributed by atoms with van der Waals surface area (Å²) in [6, 6.07) is 12.5. The molecule has 2 amide bonds. The number of aromatic nitrogens is 1. The van der Waals surface area contributed by atoms with Gasteiger partial charge in [0.25, 0.3) is 0 Å². The second kappa shape index (κ2) is 9.60. The molecule has 0 bridgehead atoms. The molecule has 1 aromatic heterocycles. The summed E-state index contributed by atoms with van der Waals surface area (Å²) < 4.78 is 4.89. The molecule has 1 aromatic carbocycles. The number of benzene rings is 1. The Kier molecular flexibility index (Phi) is 6.92. The number of rotatable bonds is 7. The van der Waals surface area contributed by atoms with Crippen molar-refractivity contribution in [2.24, 2.45) is 0 Å². The summed E-state index contributed by atoms with van der Waals surface area (Å²) in [5, 5.41) is 9.45. The first-order valence-electron chi connectivity index (χ1n) is 9.25. The van der Waals surface area contributed by atoms with Crippen molar-refractivity contribution in [3.63, 3.8) is 0 Å². The maximum Gasteiger partial charge on any atom is 0.235 e. The zero-order valence-electron chi connectivity index (χ0n) is 15.4. The van der Waals surface area contributed by atoms with Gasteiger partial charge in [0, 0.05) is 12.1 Å². The van der Waals surface area contributed by atoms with Crippen LogP contribution >= 0.6 is 11.8 Å². The van der Waals surface area contributed by atoms with E-state index in [-0.39, 0.29) is 29.4 Å². The van der Waals surface area contributed by atoms with E-state index in [4.69, 9.17) is 4.52 Å². The molecule has 0 atom stereocenters. The fourth-order valence-corrected chi connectivity index (χ4v) is 4.03. The SMILES string of the molecule is Cc1cc(NC(=O)CSCC(=O)NC2CCC(c3ccccc3)CC2)no1. The Morgan fingerprint density at radius 3 is 2.48 bits per heavy atom. The summed E-state index contributed by atoms with van der Waals surface area (Å²) in [4.78, 5) is 23.9. The second-order valence-electron chi connectivity index (χ2n) is 6.89. The van der Waals surface area contributed by atoms with Gasteiger partial charge in [-0.25, -0.2) is 0 Å². The fraction of sp³-hybridized carbons (Fsp3) is 0.450. The number of hydrogen-bond donors (Lipinski definition) is 2. The van der Waals surface area contributed by atoms with E-state index in [2.05, 4.69) is 40.1 Å². The Balaban J connectivity index is 1.31. The molecule has 2 N–H and O–H groups in total. The largest absolute Gasteiger partial charge is 0.360 e. The van der Waals surface area contributed by atoms with Gasteiger partial charge in [-0.15, -0.1) is 11.8 Å². The zero-order valence-corrected chi connectivity index (χ0v) is 16.3. The average Bonchev–Trinajstić information content (AvgIpc) is 3.07. The number of nitrogens with one attached hydrogen (secondary N) is 2. The highest BCUT2D eigenvalue weighted by Gasteiger charge is 2.23. The van der Waals surface area contributed by atoms with Gasteiger partial charge in [-0.2, -0.15) is 0 Å². The van der Waals surface area contributed by atoms with Crippen molar-refractivity contribution in [1.29, 1.82) is 0 Å². The number of carbonyl (C=O) groups excluding carboxylic acids is 2. The summed E-state index contributed by atoms with van der Waals surface area (Å²) in [5.74, 6) is 1.93. The highest BCUT2D eigenvalue weighted by atomic mass is 32.2. The quantitative estimate of drug-likeness (QED) is 0.760. The van der Waals surface area contributed by atoms with Gasteiger partial charge >= 0.3 is 0 Å². The summed E-state index contributed by atoms with van der Waals surface area (Å²) in [7, 11) is 0. The number of hydrogen-bond acceptors (Lipinski definition) is 5. The molecule has 1 fully saturated rings. The van der Waals surface area contributed by atoms with Crippen LogP contribution in [0, 0.1) is 6.92 Å². The lowest BCUT2D eigenvalue weighted by Gasteiger charge is -2.29. The first-order chi connectivity index (χ1) is 13.1. The van der Waals surface area contributed by atoms with Gasteiger partial charge in [0.2, 0.25) is 11.8 Å². The van der Waals surface area contributed by atoms with Crippen molar-refractivity contribution in [1.82, 2.24) is 10.5 Å². The van der Waals surface area contributed by atoms with Crippen LogP contribution in [0.15, 0.2) is 40.9 Å². The van der Waals surface area contributed by atoms with Crippen LogP contribution in [0.25, 0.3) is 0 Å². The predicted molar refractivity (Wildman–Crippen MR) is 107 cm³/mol. The van der Waals surface area contributed by atoms with Crippen LogP contribution in [0.4, 0.5) is 5.82 Å². The summed E-state index contributed by atoms with van der Waals surface area (Å²) in [6.45, 7) is 1.76. The number of anilines is 1. The van der Waals surface area contributed by atoms with Gasteiger partial charge in [-0.05, 0) is 44.1 Å². The Hall–Kier alpha value is -2.28. The third-order valence-electron chi connectivity index (χ3n) is 4.73. The molecule has 1 heterocycles. The second-order valence-corrected chi connectivity index (χ2v) is 7.88. The van der Waals surface area contributed by atoms with E-state index in [0.717, 1.165) is 25.7 Å². The molecular weight excluding hydrogens is 362 g/mol. The number of thioether (sulfide) groups is 1. The monoisotopic (exact) mass is 387 g/mol. The number of amides is 2. The van der Waals surface area contributed by atoms with Crippen molar-refractivity contribution >= 4 is 29.4 Å². The van der Waals surface area contributed by atoms with E-state index < -0.39 is 0 Å². The van der Waals surface area contributed by atoms with E-state index in [0.29, 0.717) is 17.5 Å². The molecule has 2 aromatic rings. The zero-order chi connectivity index (χ0) is 19.1. The molecule has 27 heavy (non-hydrogen) atoms. The maximum absolute atomic E-state index is 12.1. The third-order valence-corrected chi connectivity index (χ3v) is 5.66. The van der Waals surface area contributed by atoms with Gasteiger partial charge in [0.05, 0.1) is 11.5 Å². The predicted octanol–water partition coefficient (Wildman–Crippen LogP) is 3.50. The molecule has 1 aliphatic carbocycles. The van der Waals surface area contributed by atoms with Crippen LogP contribution < -0.4 is 10.6 Å². The van der Waals surface area contributed by atoms with Gasteiger partial charge in [0.1, 0.15) is 5.76 Å². The Bertz CT molecular complexity index is 755. The summed E-state index contributed by atoms with van der Waals surface area (Å²) in [5.41, 5.74) is 1.39. The van der Waals surface area contributed by atoms with Gasteiger partial charge < -0.3 is 15.2 Å². The van der Waals surface area contributed by atoms with Crippen molar-refractivity contribution in [2.75, 3.05) is 16.8 Å². The highest BCUT2D eigenvalue weighted by Crippen LogP contribution is 2.32. The van der Waals surface area contributed by atoms with Crippen molar-refractivity contribution in [3.05, 3.63) is 47.7 Å². The van der Waals surface area contributed by atoms with Gasteiger partial charge in [-0.3, -0.25) is 9.59 Å². The molecule has 144 valence electrons. The van der Waals surface area contributed by atoms with Crippen LogP contribution in [0.3, 0.4) is 0 Å². The van der Waals surface area contributed by atoms with Crippen LogP contribution in [0.2, 0.25) is 0 Å². The average molecular weight is 388 g/mol. The maximum atomic E-state index is 12.1. The fourth-order valence-electron chi connectivity index (χ4n) is 3.41. The first-order valence-corrected chi connectivity index (χ1v) is 10.4. The topological polar surface area (TPSA) is 84.2 Å². The molecule has 0 aliphatic heterocycles. The molecular formula is C20H25N3O3S. The minimum atomic E-state index is -0.190. The smallest absolute Gasteiger partial charge is 0.235 e. The normalized spacial score (nSPS) is 19.4. The molecule has 1 aliphatic rings. The molecule has 1 saturated carbocycles. The number of aryl methyl sites for hydroxylation is 1. The molecule has 0 unspecified atom stereocenters. The minimum Gasteiger partial charge on any atom is -0.360 e. The number of carbonyl (C=O) groups is 2. The van der Waals surface area contributed by atoms with Crippen molar-refractivity contribution in [2.45, 2.75) is 44.6 Å². The van der Waals surface area contributed by atoms with Crippen molar-refractivity contribution in [3.8, 4) is 0 Å². The Labute approximate surface area is 163 Å². The minimum absolute atomic E-state index is 0.00626.